The summed E-state index contributed by atoms with van der Waals surface area (Å²) in [6.07, 6.45) is 0. The number of para-hydroxylation sites is 1. The number of hydrogen-bond donors (Lipinski definition) is 1. The van der Waals surface area contributed by atoms with Crippen molar-refractivity contribution in [3.8, 4) is 28.6 Å². The first kappa shape index (κ1) is 12.7. The van der Waals surface area contributed by atoms with E-state index in [0.717, 1.165) is 16.0 Å². The van der Waals surface area contributed by atoms with Crippen molar-refractivity contribution in [1.82, 2.24) is 10.1 Å². The van der Waals surface area contributed by atoms with Gasteiger partial charge in [-0.25, -0.2) is 0 Å². The monoisotopic (exact) mass is 287 g/mol. The molecule has 2 aromatic heterocycles. The van der Waals surface area contributed by atoms with E-state index in [0.29, 0.717) is 22.5 Å². The van der Waals surface area contributed by atoms with Crippen molar-refractivity contribution in [2.45, 2.75) is 6.92 Å². The Morgan fingerprint density at radius 1 is 1.25 bits per heavy atom. The molecule has 0 saturated carbocycles. The molecule has 0 amide bonds. The van der Waals surface area contributed by atoms with Gasteiger partial charge in [-0.15, -0.1) is 11.3 Å². The van der Waals surface area contributed by atoms with Crippen LogP contribution in [0.1, 0.15) is 4.88 Å². The van der Waals surface area contributed by atoms with Crippen LogP contribution >= 0.6 is 11.3 Å². The number of thiophene rings is 1. The first-order valence-electron chi connectivity index (χ1n) is 6.02. The number of nitrogen functional groups attached to an aromatic ring is 1. The fraction of sp³-hybridized carbons (Fsp3) is 0.143. The summed E-state index contributed by atoms with van der Waals surface area (Å²) < 4.78 is 10.6. The van der Waals surface area contributed by atoms with E-state index in [4.69, 9.17) is 15.0 Å². The third-order valence-corrected chi connectivity index (χ3v) is 3.77. The van der Waals surface area contributed by atoms with Gasteiger partial charge >= 0.3 is 0 Å². The van der Waals surface area contributed by atoms with Gasteiger partial charge in [0.05, 0.1) is 23.2 Å². The van der Waals surface area contributed by atoms with Gasteiger partial charge < -0.3 is 15.0 Å². The van der Waals surface area contributed by atoms with Gasteiger partial charge in [0, 0.05) is 4.88 Å². The number of aromatic nitrogens is 2. The zero-order valence-corrected chi connectivity index (χ0v) is 11.9. The van der Waals surface area contributed by atoms with Crippen molar-refractivity contribution in [2.75, 3.05) is 12.8 Å². The first-order chi connectivity index (χ1) is 9.69. The number of aryl methyl sites for hydroxylation is 1. The molecule has 0 atom stereocenters. The van der Waals surface area contributed by atoms with E-state index in [2.05, 4.69) is 10.1 Å². The van der Waals surface area contributed by atoms with Gasteiger partial charge in [-0.05, 0) is 25.1 Å². The predicted molar refractivity (Wildman–Crippen MR) is 78.7 cm³/mol. The average molecular weight is 287 g/mol. The summed E-state index contributed by atoms with van der Waals surface area (Å²) in [6, 6.07) is 9.48. The Balaban J connectivity index is 2.04. The number of nitrogens with two attached hydrogens (primary N) is 1. The van der Waals surface area contributed by atoms with Crippen molar-refractivity contribution in [1.29, 1.82) is 0 Å². The molecule has 20 heavy (non-hydrogen) atoms. The lowest BCUT2D eigenvalue weighted by Gasteiger charge is -2.02. The topological polar surface area (TPSA) is 74.2 Å². The molecule has 0 spiro atoms. The summed E-state index contributed by atoms with van der Waals surface area (Å²) >= 11 is 1.50. The van der Waals surface area contributed by atoms with Crippen LogP contribution in [0.15, 0.2) is 34.9 Å². The van der Waals surface area contributed by atoms with E-state index < -0.39 is 0 Å². The fourth-order valence-corrected chi connectivity index (χ4v) is 2.75. The van der Waals surface area contributed by atoms with Crippen LogP contribution in [0, 0.1) is 6.92 Å². The third-order valence-electron chi connectivity index (χ3n) is 2.89. The standard InChI is InChI=1S/C14H13N3O2S/c1-8-7-10(12(15)20-8)14-16-13(17-19-14)9-5-3-4-6-11(9)18-2/h3-7H,15H2,1-2H3. The number of methoxy groups -OCH3 is 1. The normalized spacial score (nSPS) is 10.7. The quantitative estimate of drug-likeness (QED) is 0.799. The van der Waals surface area contributed by atoms with Crippen molar-refractivity contribution < 1.29 is 9.26 Å². The second-order valence-electron chi connectivity index (χ2n) is 4.26. The molecule has 0 fully saturated rings. The lowest BCUT2D eigenvalue weighted by molar-refractivity contribution is 0.413. The van der Waals surface area contributed by atoms with E-state index in [9.17, 15) is 0 Å². The molecule has 3 rings (SSSR count). The molecule has 102 valence electrons. The number of nitrogens with zero attached hydrogens (tertiary/aromatic N) is 2. The zero-order chi connectivity index (χ0) is 14.1. The Morgan fingerprint density at radius 3 is 2.75 bits per heavy atom. The molecule has 0 unspecified atom stereocenters. The van der Waals surface area contributed by atoms with Crippen molar-refractivity contribution in [2.24, 2.45) is 0 Å². The summed E-state index contributed by atoms with van der Waals surface area (Å²) in [5, 5.41) is 4.68. The molecule has 1 aromatic carbocycles. The molecule has 2 heterocycles. The zero-order valence-electron chi connectivity index (χ0n) is 11.1. The molecule has 0 aliphatic heterocycles. The maximum atomic E-state index is 5.94. The molecule has 5 nitrogen and oxygen atoms in total. The Hall–Kier alpha value is -2.34. The number of hydrogen-bond acceptors (Lipinski definition) is 6. The number of benzene rings is 1. The second-order valence-corrected chi connectivity index (χ2v) is 5.55. The minimum atomic E-state index is 0.424. The Morgan fingerprint density at radius 2 is 2.05 bits per heavy atom. The average Bonchev–Trinajstić information content (AvgIpc) is 3.05. The summed E-state index contributed by atoms with van der Waals surface area (Å²) in [6.45, 7) is 1.99. The van der Waals surface area contributed by atoms with Gasteiger partial charge in [0.2, 0.25) is 5.82 Å². The minimum Gasteiger partial charge on any atom is -0.496 e. The molecule has 2 N–H and O–H groups in total. The number of anilines is 1. The first-order valence-corrected chi connectivity index (χ1v) is 6.84. The third kappa shape index (κ3) is 2.14. The second kappa shape index (κ2) is 4.97. The molecule has 0 radical (unpaired) electrons. The van der Waals surface area contributed by atoms with E-state index in [1.807, 2.05) is 37.3 Å². The van der Waals surface area contributed by atoms with Crippen LogP contribution in [0.25, 0.3) is 22.8 Å². The summed E-state index contributed by atoms with van der Waals surface area (Å²) in [7, 11) is 1.61. The molecule has 3 aromatic rings. The lowest BCUT2D eigenvalue weighted by Crippen LogP contribution is -1.89. The highest BCUT2D eigenvalue weighted by Crippen LogP contribution is 2.34. The highest BCUT2D eigenvalue weighted by molar-refractivity contribution is 7.16. The maximum Gasteiger partial charge on any atom is 0.261 e. The van der Waals surface area contributed by atoms with Crippen LogP contribution in [0.2, 0.25) is 0 Å². The van der Waals surface area contributed by atoms with Crippen LogP contribution in [0.4, 0.5) is 5.00 Å². The van der Waals surface area contributed by atoms with Crippen LogP contribution in [-0.4, -0.2) is 17.3 Å². The molecule has 0 bridgehead atoms. The van der Waals surface area contributed by atoms with Gasteiger partial charge in [0.15, 0.2) is 0 Å². The molecule has 6 heteroatoms. The lowest BCUT2D eigenvalue weighted by atomic mass is 10.2. The molecular formula is C14H13N3O2S. The Bertz CT molecular complexity index is 748. The van der Waals surface area contributed by atoms with Crippen LogP contribution in [0.3, 0.4) is 0 Å². The maximum absolute atomic E-state index is 5.94. The van der Waals surface area contributed by atoms with Gasteiger partial charge in [0.25, 0.3) is 5.89 Å². The van der Waals surface area contributed by atoms with Crippen molar-refractivity contribution in [3.63, 3.8) is 0 Å². The van der Waals surface area contributed by atoms with E-state index in [1.165, 1.54) is 11.3 Å². The number of rotatable bonds is 3. The molecule has 0 aliphatic carbocycles. The highest BCUT2D eigenvalue weighted by Gasteiger charge is 2.17. The van der Waals surface area contributed by atoms with Gasteiger partial charge in [-0.2, -0.15) is 4.98 Å². The Labute approximate surface area is 120 Å². The predicted octanol–water partition coefficient (Wildman–Crippen LogP) is 3.36. The smallest absolute Gasteiger partial charge is 0.261 e. The van der Waals surface area contributed by atoms with Crippen LogP contribution in [-0.2, 0) is 0 Å². The van der Waals surface area contributed by atoms with Gasteiger partial charge in [0.1, 0.15) is 5.75 Å². The van der Waals surface area contributed by atoms with Crippen LogP contribution < -0.4 is 10.5 Å². The van der Waals surface area contributed by atoms with Crippen molar-refractivity contribution >= 4 is 16.3 Å². The largest absolute Gasteiger partial charge is 0.496 e. The molecule has 0 saturated heterocycles. The SMILES string of the molecule is COc1ccccc1-c1noc(-c2cc(C)sc2N)n1. The molecule has 0 aliphatic rings. The Kier molecular flexibility index (Phi) is 3.15. The fourth-order valence-electron chi connectivity index (χ4n) is 1.97. The summed E-state index contributed by atoms with van der Waals surface area (Å²) in [4.78, 5) is 5.51. The van der Waals surface area contributed by atoms with Crippen LogP contribution in [0.5, 0.6) is 5.75 Å². The highest BCUT2D eigenvalue weighted by atomic mass is 32.1. The summed E-state index contributed by atoms with van der Waals surface area (Å²) in [5.41, 5.74) is 7.51. The van der Waals surface area contributed by atoms with Gasteiger partial charge in [-0.1, -0.05) is 17.3 Å². The van der Waals surface area contributed by atoms with E-state index in [-0.39, 0.29) is 0 Å². The van der Waals surface area contributed by atoms with Gasteiger partial charge in [-0.3, -0.25) is 0 Å². The summed E-state index contributed by atoms with van der Waals surface area (Å²) in [5.74, 6) is 1.61. The minimum absolute atomic E-state index is 0.424. The van der Waals surface area contributed by atoms with E-state index in [1.54, 1.807) is 7.11 Å². The van der Waals surface area contributed by atoms with Crippen molar-refractivity contribution in [3.05, 3.63) is 35.2 Å². The number of ether oxygens (including phenoxy) is 1. The van der Waals surface area contributed by atoms with E-state index >= 15 is 0 Å². The molecular weight excluding hydrogens is 274 g/mol.